The molecule has 0 unspecified atom stereocenters. The summed E-state index contributed by atoms with van der Waals surface area (Å²) in [5.41, 5.74) is 4.97. The van der Waals surface area contributed by atoms with E-state index < -0.39 is 61.4 Å². The number of benzene rings is 5. The van der Waals surface area contributed by atoms with Gasteiger partial charge in [0.1, 0.15) is 36.6 Å². The summed E-state index contributed by atoms with van der Waals surface area (Å²) in [6, 6.07) is 49.8. The Bertz CT molecular complexity index is 1830. The fraction of sp³-hybridized carbons (Fsp3) is 0.362. The van der Waals surface area contributed by atoms with Crippen molar-refractivity contribution in [3.63, 3.8) is 0 Å². The highest BCUT2D eigenvalue weighted by atomic mass is 16.7. The second-order valence-corrected chi connectivity index (χ2v) is 14.3. The van der Waals surface area contributed by atoms with Crippen molar-refractivity contribution in [3.05, 3.63) is 179 Å². The van der Waals surface area contributed by atoms with E-state index in [0.29, 0.717) is 13.2 Å². The highest BCUT2D eigenvalue weighted by Gasteiger charge is 2.52. The number of hydrogen-bond donors (Lipinski definition) is 1. The molecule has 9 nitrogen and oxygen atoms in total. The largest absolute Gasteiger partial charge is 0.368 e. The van der Waals surface area contributed by atoms with Gasteiger partial charge in [-0.05, 0) is 41.7 Å². The molecule has 1 N–H and O–H groups in total. The topological polar surface area (TPSA) is 94.1 Å². The van der Waals surface area contributed by atoms with Crippen LogP contribution in [0, 0.1) is 0 Å². The molecular weight excluding hydrogens is 709 g/mol. The van der Waals surface area contributed by atoms with Gasteiger partial charge in [0.05, 0.1) is 45.2 Å². The Morgan fingerprint density at radius 2 is 0.679 bits per heavy atom. The first-order chi connectivity index (χ1) is 27.5. The van der Waals surface area contributed by atoms with Gasteiger partial charge in [-0.2, -0.15) is 0 Å². The van der Waals surface area contributed by atoms with Crippen molar-refractivity contribution < 1.29 is 43.0 Å². The Kier molecular flexibility index (Phi) is 14.4. The minimum Gasteiger partial charge on any atom is -0.368 e. The van der Waals surface area contributed by atoms with E-state index in [4.69, 9.17) is 37.9 Å². The molecule has 5 aromatic carbocycles. The van der Waals surface area contributed by atoms with Gasteiger partial charge < -0.3 is 43.0 Å². The third-order valence-electron chi connectivity index (χ3n) is 10.2. The van der Waals surface area contributed by atoms with Crippen LogP contribution in [0.2, 0.25) is 0 Å². The second kappa shape index (κ2) is 20.2. The summed E-state index contributed by atoms with van der Waals surface area (Å²) < 4.78 is 53.2. The van der Waals surface area contributed by atoms with Gasteiger partial charge in [-0.25, -0.2) is 0 Å². The lowest BCUT2D eigenvalue weighted by Crippen LogP contribution is -2.64. The molecule has 9 heteroatoms. The van der Waals surface area contributed by atoms with Crippen LogP contribution in [0.4, 0.5) is 0 Å². The Morgan fingerprint density at radius 1 is 0.375 bits per heavy atom. The first-order valence-corrected chi connectivity index (χ1v) is 19.4. The average molecular weight is 761 g/mol. The predicted octanol–water partition coefficient (Wildman–Crippen LogP) is 7.78. The summed E-state index contributed by atoms with van der Waals surface area (Å²) in [6.07, 6.45) is -7.47. The number of hydrogen-bond acceptors (Lipinski definition) is 9. The zero-order valence-electron chi connectivity index (χ0n) is 32.0. The van der Waals surface area contributed by atoms with Gasteiger partial charge in [-0.3, -0.25) is 0 Å². The monoisotopic (exact) mass is 760 g/mol. The van der Waals surface area contributed by atoms with Gasteiger partial charge in [0.15, 0.2) is 12.6 Å². The van der Waals surface area contributed by atoms with Gasteiger partial charge in [-0.15, -0.1) is 0 Å². The number of rotatable bonds is 17. The minimum absolute atomic E-state index is 0.244. The third kappa shape index (κ3) is 10.8. The van der Waals surface area contributed by atoms with Crippen molar-refractivity contribution >= 4 is 0 Å². The van der Waals surface area contributed by atoms with Crippen LogP contribution in [0.25, 0.3) is 0 Å². The number of ether oxygens (including phenoxy) is 8. The highest BCUT2D eigenvalue weighted by molar-refractivity contribution is 5.17. The summed E-state index contributed by atoms with van der Waals surface area (Å²) in [5, 5.41) is 11.3. The fourth-order valence-electron chi connectivity index (χ4n) is 7.21. The maximum atomic E-state index is 11.3. The average Bonchev–Trinajstić information content (AvgIpc) is 3.24. The van der Waals surface area contributed by atoms with E-state index in [1.807, 2.05) is 166 Å². The van der Waals surface area contributed by atoms with Crippen molar-refractivity contribution in [1.29, 1.82) is 0 Å². The van der Waals surface area contributed by atoms with Crippen LogP contribution in [0.5, 0.6) is 0 Å². The molecule has 0 saturated carbocycles. The van der Waals surface area contributed by atoms with Crippen LogP contribution >= 0.6 is 0 Å². The van der Waals surface area contributed by atoms with Gasteiger partial charge in [0, 0.05) is 0 Å². The Morgan fingerprint density at radius 3 is 1.07 bits per heavy atom. The molecule has 294 valence electrons. The van der Waals surface area contributed by atoms with E-state index >= 15 is 0 Å². The molecule has 7 rings (SSSR count). The molecule has 2 heterocycles. The molecule has 2 aliphatic heterocycles. The highest BCUT2D eigenvalue weighted by Crippen LogP contribution is 2.35. The Labute approximate surface area is 330 Å². The zero-order chi connectivity index (χ0) is 38.5. The molecule has 10 atom stereocenters. The van der Waals surface area contributed by atoms with Crippen LogP contribution in [-0.4, -0.2) is 66.5 Å². The molecule has 0 amide bonds. The van der Waals surface area contributed by atoms with E-state index in [9.17, 15) is 5.11 Å². The standard InChI is InChI=1S/C47H52O9/c1-33-40(49-28-35-18-8-3-9-19-35)42(50-29-36-20-10-4-11-21-36)45(53-32-39-26-16-7-17-27-39)47(55-33)56-41-34(2)54-46(48)44(52-31-38-24-14-6-15-25-38)43(41)51-30-37-22-12-5-13-23-37/h3-27,33-34,40-48H,28-32H2,1-2H3/t33-,34-,40+,41+,42+,43+,44-,45-,46-,47+/m1/s1. The molecule has 2 fully saturated rings. The van der Waals surface area contributed by atoms with Crippen molar-refractivity contribution in [2.75, 3.05) is 0 Å². The minimum atomic E-state index is -1.26. The fourth-order valence-corrected chi connectivity index (χ4v) is 7.21. The van der Waals surface area contributed by atoms with Crippen LogP contribution < -0.4 is 0 Å². The quantitative estimate of drug-likeness (QED) is 0.102. The lowest BCUT2D eigenvalue weighted by Gasteiger charge is -2.49. The van der Waals surface area contributed by atoms with E-state index in [1.54, 1.807) is 0 Å². The molecule has 0 aromatic heterocycles. The molecule has 2 aliphatic rings. The summed E-state index contributed by atoms with van der Waals surface area (Å²) >= 11 is 0. The van der Waals surface area contributed by atoms with E-state index in [2.05, 4.69) is 0 Å². The van der Waals surface area contributed by atoms with Crippen LogP contribution in [0.15, 0.2) is 152 Å². The van der Waals surface area contributed by atoms with Crippen molar-refractivity contribution in [2.45, 2.75) is 108 Å². The molecule has 0 bridgehead atoms. The third-order valence-corrected chi connectivity index (χ3v) is 10.2. The lowest BCUT2D eigenvalue weighted by atomic mass is 9.96. The van der Waals surface area contributed by atoms with E-state index in [1.165, 1.54) is 0 Å². The first kappa shape index (κ1) is 40.0. The summed E-state index contributed by atoms with van der Waals surface area (Å²) in [7, 11) is 0. The van der Waals surface area contributed by atoms with Crippen LogP contribution in [0.1, 0.15) is 41.7 Å². The number of aliphatic hydroxyl groups is 1. The summed E-state index contributed by atoms with van der Waals surface area (Å²) in [4.78, 5) is 0. The normalized spacial score (nSPS) is 27.8. The van der Waals surface area contributed by atoms with Crippen molar-refractivity contribution in [2.24, 2.45) is 0 Å². The van der Waals surface area contributed by atoms with Crippen molar-refractivity contribution in [3.8, 4) is 0 Å². The first-order valence-electron chi connectivity index (χ1n) is 19.4. The van der Waals surface area contributed by atoms with Gasteiger partial charge >= 0.3 is 0 Å². The lowest BCUT2D eigenvalue weighted by molar-refractivity contribution is -0.366. The predicted molar refractivity (Wildman–Crippen MR) is 211 cm³/mol. The SMILES string of the molecule is C[C@H]1O[C@@H](O)[C@H](OCc2ccccc2)[C@@H](OCc2ccccc2)[C@H]1O[C@@H]1O[C@H](C)[C@H](OCc2ccccc2)[C@H](OCc2ccccc2)[C@H]1OCc1ccccc1. The number of aliphatic hydroxyl groups excluding tert-OH is 1. The maximum absolute atomic E-state index is 11.3. The molecule has 2 saturated heterocycles. The van der Waals surface area contributed by atoms with Crippen LogP contribution in [-0.2, 0) is 70.9 Å². The zero-order valence-corrected chi connectivity index (χ0v) is 32.0. The Hall–Kier alpha value is -4.26. The molecule has 0 spiro atoms. The summed E-state index contributed by atoms with van der Waals surface area (Å²) in [5.74, 6) is 0. The molecule has 56 heavy (non-hydrogen) atoms. The molecule has 5 aromatic rings. The molecule has 0 aliphatic carbocycles. The molecule has 0 radical (unpaired) electrons. The van der Waals surface area contributed by atoms with Crippen LogP contribution in [0.3, 0.4) is 0 Å². The maximum Gasteiger partial charge on any atom is 0.187 e. The van der Waals surface area contributed by atoms with Gasteiger partial charge in [-0.1, -0.05) is 152 Å². The Balaban J connectivity index is 1.19. The second-order valence-electron chi connectivity index (χ2n) is 14.3. The van der Waals surface area contributed by atoms with Crippen molar-refractivity contribution in [1.82, 2.24) is 0 Å². The molecular formula is C47H52O9. The van der Waals surface area contributed by atoms with E-state index in [-0.39, 0.29) is 19.8 Å². The van der Waals surface area contributed by atoms with E-state index in [0.717, 1.165) is 27.8 Å². The smallest absolute Gasteiger partial charge is 0.187 e. The summed E-state index contributed by atoms with van der Waals surface area (Å²) in [6.45, 7) is 5.32. The van der Waals surface area contributed by atoms with Gasteiger partial charge in [0.25, 0.3) is 0 Å². The van der Waals surface area contributed by atoms with Gasteiger partial charge in [0.2, 0.25) is 0 Å².